The molecule has 1 saturated heterocycles. The predicted molar refractivity (Wildman–Crippen MR) is 161 cm³/mol. The molecule has 0 radical (unpaired) electrons. The van der Waals surface area contributed by atoms with Crippen LogP contribution in [0.2, 0.25) is 0 Å². The lowest BCUT2D eigenvalue weighted by Gasteiger charge is -2.40. The Bertz CT molecular complexity index is 662. The van der Waals surface area contributed by atoms with Gasteiger partial charge in [-0.2, -0.15) is 0 Å². The minimum absolute atomic E-state index is 0.186. The van der Waals surface area contributed by atoms with Crippen LogP contribution in [0.4, 0.5) is 0 Å². The summed E-state index contributed by atoms with van der Waals surface area (Å²) in [6, 6.07) is -0.793. The van der Waals surface area contributed by atoms with E-state index in [0.717, 1.165) is 51.4 Å². The Labute approximate surface area is 248 Å². The van der Waals surface area contributed by atoms with Gasteiger partial charge in [0.25, 0.3) is 0 Å². The fourth-order valence-electron chi connectivity index (χ4n) is 5.09. The summed E-state index contributed by atoms with van der Waals surface area (Å²) in [4.78, 5) is 12.6. The third-order valence-corrected chi connectivity index (χ3v) is 7.86. The molecule has 1 amide bonds. The van der Waals surface area contributed by atoms with Crippen LogP contribution in [0.3, 0.4) is 0 Å². The molecule has 9 nitrogen and oxygen atoms in total. The van der Waals surface area contributed by atoms with Crippen LogP contribution in [0.5, 0.6) is 0 Å². The van der Waals surface area contributed by atoms with Crippen LogP contribution in [0.25, 0.3) is 0 Å². The summed E-state index contributed by atoms with van der Waals surface area (Å²) >= 11 is 0. The van der Waals surface area contributed by atoms with E-state index in [1.807, 2.05) is 6.08 Å². The molecular weight excluding hydrogens is 526 g/mol. The van der Waals surface area contributed by atoms with Crippen molar-refractivity contribution < 1.29 is 39.8 Å². The van der Waals surface area contributed by atoms with Crippen molar-refractivity contribution in [3.63, 3.8) is 0 Å². The molecule has 0 bridgehead atoms. The molecule has 1 heterocycles. The first kappa shape index (κ1) is 38.0. The van der Waals surface area contributed by atoms with Gasteiger partial charge >= 0.3 is 0 Å². The van der Waals surface area contributed by atoms with Crippen molar-refractivity contribution in [1.29, 1.82) is 0 Å². The molecule has 0 aromatic rings. The number of hydrogen-bond donors (Lipinski definition) is 6. The number of ether oxygens (including phenoxy) is 2. The molecule has 1 aliphatic rings. The van der Waals surface area contributed by atoms with E-state index in [9.17, 15) is 30.3 Å². The van der Waals surface area contributed by atoms with Gasteiger partial charge in [0.05, 0.1) is 25.4 Å². The highest BCUT2D eigenvalue weighted by atomic mass is 16.7. The number of carbonyl (C=O) groups excluding carboxylic acids is 1. The fourth-order valence-corrected chi connectivity index (χ4v) is 5.09. The van der Waals surface area contributed by atoms with E-state index in [1.54, 1.807) is 6.08 Å². The highest BCUT2D eigenvalue weighted by Crippen LogP contribution is 2.22. The van der Waals surface area contributed by atoms with Crippen LogP contribution in [0, 0.1) is 0 Å². The van der Waals surface area contributed by atoms with E-state index in [-0.39, 0.29) is 12.5 Å². The van der Waals surface area contributed by atoms with E-state index in [1.165, 1.54) is 57.8 Å². The largest absolute Gasteiger partial charge is 0.394 e. The first-order valence-corrected chi connectivity index (χ1v) is 16.4. The van der Waals surface area contributed by atoms with Crippen molar-refractivity contribution in [1.82, 2.24) is 5.32 Å². The molecule has 0 aromatic carbocycles. The summed E-state index contributed by atoms with van der Waals surface area (Å²) in [7, 11) is 0. The molecule has 1 aliphatic heterocycles. The molecule has 1 rings (SSSR count). The van der Waals surface area contributed by atoms with Crippen molar-refractivity contribution in [2.45, 2.75) is 172 Å². The molecule has 0 aliphatic carbocycles. The normalized spacial score (nSPS) is 24.5. The lowest BCUT2D eigenvalue weighted by molar-refractivity contribution is -0.302. The average molecular weight is 588 g/mol. The second kappa shape index (κ2) is 24.4. The van der Waals surface area contributed by atoms with Gasteiger partial charge < -0.3 is 40.3 Å². The van der Waals surface area contributed by atoms with Gasteiger partial charge in [-0.3, -0.25) is 4.79 Å². The summed E-state index contributed by atoms with van der Waals surface area (Å²) in [6.45, 7) is 3.63. The zero-order valence-electron chi connectivity index (χ0n) is 25.8. The van der Waals surface area contributed by atoms with Gasteiger partial charge in [0.1, 0.15) is 24.4 Å². The Hall–Kier alpha value is -1.07. The van der Waals surface area contributed by atoms with Crippen molar-refractivity contribution in [2.75, 3.05) is 13.2 Å². The van der Waals surface area contributed by atoms with Crippen molar-refractivity contribution in [3.05, 3.63) is 12.2 Å². The third-order valence-electron chi connectivity index (χ3n) is 7.86. The number of aliphatic hydroxyl groups is 5. The first-order chi connectivity index (χ1) is 19.8. The molecule has 0 spiro atoms. The zero-order chi connectivity index (χ0) is 30.3. The highest BCUT2D eigenvalue weighted by molar-refractivity contribution is 5.76. The van der Waals surface area contributed by atoms with Gasteiger partial charge in [0.2, 0.25) is 5.91 Å². The third kappa shape index (κ3) is 17.0. The van der Waals surface area contributed by atoms with Crippen LogP contribution in [0.1, 0.15) is 129 Å². The van der Waals surface area contributed by atoms with E-state index < -0.39 is 49.5 Å². The van der Waals surface area contributed by atoms with Gasteiger partial charge in [-0.15, -0.1) is 0 Å². The van der Waals surface area contributed by atoms with Gasteiger partial charge in [0, 0.05) is 6.42 Å². The van der Waals surface area contributed by atoms with Gasteiger partial charge in [-0.1, -0.05) is 116 Å². The number of unbranched alkanes of at least 4 members (excludes halogenated alkanes) is 15. The second-order valence-electron chi connectivity index (χ2n) is 11.6. The lowest BCUT2D eigenvalue weighted by Crippen LogP contribution is -2.60. The van der Waals surface area contributed by atoms with Crippen LogP contribution < -0.4 is 5.32 Å². The number of rotatable bonds is 25. The van der Waals surface area contributed by atoms with E-state index in [4.69, 9.17) is 9.47 Å². The molecule has 1 fully saturated rings. The maximum atomic E-state index is 12.6. The molecule has 9 heteroatoms. The van der Waals surface area contributed by atoms with Crippen LogP contribution in [-0.2, 0) is 14.3 Å². The molecule has 7 atom stereocenters. The standard InChI is InChI=1S/C32H61NO8/c1-3-5-7-9-10-11-12-13-14-15-16-18-19-21-26(35)25(33-28(36)22-20-17-8-6-4-2)24-40-32-31(39)30(38)29(37)27(23-34)41-32/h19,21,25-27,29-32,34-35,37-39H,3-18,20,22-24H2,1-2H3,(H,33,36)/b21-19+/t25?,26-,27?,29?,30?,31?,32?/m1/s1. The molecule has 6 N–H and O–H groups in total. The number of aliphatic hydroxyl groups excluding tert-OH is 5. The Morgan fingerprint density at radius 1 is 0.805 bits per heavy atom. The van der Waals surface area contributed by atoms with Crippen LogP contribution in [0.15, 0.2) is 12.2 Å². The Morgan fingerprint density at radius 3 is 1.90 bits per heavy atom. The minimum Gasteiger partial charge on any atom is -0.394 e. The quantitative estimate of drug-likeness (QED) is 0.0685. The van der Waals surface area contributed by atoms with Crippen molar-refractivity contribution in [3.8, 4) is 0 Å². The van der Waals surface area contributed by atoms with Gasteiger partial charge in [0.15, 0.2) is 6.29 Å². The zero-order valence-corrected chi connectivity index (χ0v) is 25.8. The molecule has 0 saturated carbocycles. The van der Waals surface area contributed by atoms with E-state index >= 15 is 0 Å². The maximum Gasteiger partial charge on any atom is 0.220 e. The fraction of sp³-hybridized carbons (Fsp3) is 0.906. The number of carbonyl (C=O) groups is 1. The average Bonchev–Trinajstić information content (AvgIpc) is 2.97. The summed E-state index contributed by atoms with van der Waals surface area (Å²) in [5.74, 6) is -0.193. The predicted octanol–water partition coefficient (Wildman–Crippen LogP) is 4.27. The summed E-state index contributed by atoms with van der Waals surface area (Å²) < 4.78 is 11.0. The van der Waals surface area contributed by atoms with Crippen molar-refractivity contribution in [2.24, 2.45) is 0 Å². The molecule has 0 aromatic heterocycles. The van der Waals surface area contributed by atoms with Gasteiger partial charge in [-0.05, 0) is 19.3 Å². The Balaban J connectivity index is 2.50. The number of allylic oxidation sites excluding steroid dienone is 1. The topological polar surface area (TPSA) is 149 Å². The molecule has 242 valence electrons. The number of nitrogens with one attached hydrogen (secondary N) is 1. The monoisotopic (exact) mass is 587 g/mol. The SMILES string of the molecule is CCCCCCCCCCCCC/C=C/[C@@H](O)C(COC1OC(CO)C(O)C(O)C1O)NC(=O)CCCCCCC. The summed E-state index contributed by atoms with van der Waals surface area (Å²) in [5.41, 5.74) is 0. The van der Waals surface area contributed by atoms with E-state index in [2.05, 4.69) is 19.2 Å². The van der Waals surface area contributed by atoms with Crippen LogP contribution >= 0.6 is 0 Å². The first-order valence-electron chi connectivity index (χ1n) is 16.4. The Morgan fingerprint density at radius 2 is 1.34 bits per heavy atom. The smallest absolute Gasteiger partial charge is 0.220 e. The number of amides is 1. The molecule has 6 unspecified atom stereocenters. The molecular formula is C32H61NO8. The van der Waals surface area contributed by atoms with E-state index in [0.29, 0.717) is 6.42 Å². The molecule has 41 heavy (non-hydrogen) atoms. The number of hydrogen-bond acceptors (Lipinski definition) is 8. The van der Waals surface area contributed by atoms with Crippen LogP contribution in [-0.4, -0.2) is 87.5 Å². The van der Waals surface area contributed by atoms with Crippen molar-refractivity contribution >= 4 is 5.91 Å². The summed E-state index contributed by atoms with van der Waals surface area (Å²) in [5, 5.41) is 53.4. The highest BCUT2D eigenvalue weighted by Gasteiger charge is 2.44. The summed E-state index contributed by atoms with van der Waals surface area (Å²) in [6.07, 6.45) is 15.8. The lowest BCUT2D eigenvalue weighted by atomic mass is 9.99. The second-order valence-corrected chi connectivity index (χ2v) is 11.6. The van der Waals surface area contributed by atoms with Gasteiger partial charge in [-0.25, -0.2) is 0 Å². The Kier molecular flexibility index (Phi) is 22.6. The minimum atomic E-state index is -1.56. The maximum absolute atomic E-state index is 12.6.